The van der Waals surface area contributed by atoms with Crippen molar-refractivity contribution in [3.05, 3.63) is 23.8 Å². The highest BCUT2D eigenvalue weighted by atomic mass is 16.4. The molecular formula is C11H16N2O2. The predicted molar refractivity (Wildman–Crippen MR) is 60.9 cm³/mol. The number of benzene rings is 1. The van der Waals surface area contributed by atoms with Crippen molar-refractivity contribution in [1.29, 1.82) is 0 Å². The Morgan fingerprint density at radius 1 is 1.60 bits per heavy atom. The molecule has 4 heteroatoms. The number of hydrogen-bond donors (Lipinski definition) is 3. The maximum absolute atomic E-state index is 10.5. The van der Waals surface area contributed by atoms with E-state index in [1.54, 1.807) is 0 Å². The zero-order valence-electron chi connectivity index (χ0n) is 8.95. The van der Waals surface area contributed by atoms with Gasteiger partial charge in [-0.05, 0) is 31.5 Å². The van der Waals surface area contributed by atoms with Gasteiger partial charge >= 0.3 is 5.97 Å². The molecule has 0 aliphatic rings. The summed E-state index contributed by atoms with van der Waals surface area (Å²) in [5.41, 5.74) is 8.31. The maximum atomic E-state index is 10.5. The summed E-state index contributed by atoms with van der Waals surface area (Å²) in [6.45, 7) is 3.77. The summed E-state index contributed by atoms with van der Waals surface area (Å²) in [5.74, 6) is -0.819. The van der Waals surface area contributed by atoms with Gasteiger partial charge in [0.2, 0.25) is 0 Å². The molecule has 0 saturated heterocycles. The molecule has 82 valence electrons. The van der Waals surface area contributed by atoms with Crippen LogP contribution in [0, 0.1) is 6.92 Å². The van der Waals surface area contributed by atoms with E-state index < -0.39 is 5.97 Å². The number of nitrogens with two attached hydrogens (primary N) is 1. The highest BCUT2D eigenvalue weighted by molar-refractivity contribution is 5.70. The molecule has 0 amide bonds. The van der Waals surface area contributed by atoms with Gasteiger partial charge in [-0.2, -0.15) is 0 Å². The van der Waals surface area contributed by atoms with Crippen LogP contribution in [-0.2, 0) is 4.79 Å². The number of carboxylic acids is 1. The standard InChI is InChI=1S/C11H16N2O2/c1-7-3-4-10(9(12)5-7)13-8(2)6-11(14)15/h3-5,8,13H,6,12H2,1-2H3,(H,14,15). The number of aliphatic carboxylic acids is 1. The first-order chi connectivity index (χ1) is 6.99. The van der Waals surface area contributed by atoms with Crippen LogP contribution in [0.25, 0.3) is 0 Å². The second kappa shape index (κ2) is 4.68. The molecule has 1 aromatic rings. The van der Waals surface area contributed by atoms with Crippen molar-refractivity contribution in [1.82, 2.24) is 0 Å². The van der Waals surface area contributed by atoms with Crippen LogP contribution in [0.1, 0.15) is 18.9 Å². The van der Waals surface area contributed by atoms with Crippen LogP contribution in [-0.4, -0.2) is 17.1 Å². The molecule has 0 bridgehead atoms. The van der Waals surface area contributed by atoms with Gasteiger partial charge in [0.1, 0.15) is 0 Å². The lowest BCUT2D eigenvalue weighted by Gasteiger charge is -2.15. The normalized spacial score (nSPS) is 12.1. The first-order valence-corrected chi connectivity index (χ1v) is 4.83. The van der Waals surface area contributed by atoms with Gasteiger partial charge in [-0.3, -0.25) is 4.79 Å². The highest BCUT2D eigenvalue weighted by Crippen LogP contribution is 2.20. The van der Waals surface area contributed by atoms with Crippen LogP contribution < -0.4 is 11.1 Å². The molecule has 1 atom stereocenters. The van der Waals surface area contributed by atoms with E-state index in [0.29, 0.717) is 5.69 Å². The van der Waals surface area contributed by atoms with E-state index in [9.17, 15) is 4.79 Å². The minimum atomic E-state index is -0.819. The Labute approximate surface area is 89.1 Å². The first kappa shape index (κ1) is 11.4. The first-order valence-electron chi connectivity index (χ1n) is 4.83. The number of nitrogens with one attached hydrogen (secondary N) is 1. The van der Waals surface area contributed by atoms with Gasteiger partial charge in [-0.1, -0.05) is 6.07 Å². The van der Waals surface area contributed by atoms with Gasteiger partial charge in [0.15, 0.2) is 0 Å². The molecule has 0 saturated carbocycles. The molecule has 0 aliphatic carbocycles. The quantitative estimate of drug-likeness (QED) is 0.660. The van der Waals surface area contributed by atoms with Gasteiger partial charge in [-0.25, -0.2) is 0 Å². The van der Waals surface area contributed by atoms with Crippen LogP contribution in [0.5, 0.6) is 0 Å². The Morgan fingerprint density at radius 3 is 2.80 bits per heavy atom. The lowest BCUT2D eigenvalue weighted by Crippen LogP contribution is -2.19. The molecule has 1 unspecified atom stereocenters. The van der Waals surface area contributed by atoms with E-state index in [-0.39, 0.29) is 12.5 Å². The lowest BCUT2D eigenvalue weighted by atomic mass is 10.1. The summed E-state index contributed by atoms with van der Waals surface area (Å²) >= 11 is 0. The van der Waals surface area contributed by atoms with Gasteiger partial charge in [0, 0.05) is 6.04 Å². The molecule has 15 heavy (non-hydrogen) atoms. The van der Waals surface area contributed by atoms with Crippen molar-refractivity contribution in [2.75, 3.05) is 11.1 Å². The smallest absolute Gasteiger partial charge is 0.305 e. The summed E-state index contributed by atoms with van der Waals surface area (Å²) in [5, 5.41) is 11.7. The molecular weight excluding hydrogens is 192 g/mol. The van der Waals surface area contributed by atoms with E-state index in [1.165, 1.54) is 0 Å². The monoisotopic (exact) mass is 208 g/mol. The molecule has 0 radical (unpaired) electrons. The van der Waals surface area contributed by atoms with Gasteiger partial charge in [0.05, 0.1) is 17.8 Å². The highest BCUT2D eigenvalue weighted by Gasteiger charge is 2.08. The molecule has 1 aromatic carbocycles. The summed E-state index contributed by atoms with van der Waals surface area (Å²) in [7, 11) is 0. The third-order valence-electron chi connectivity index (χ3n) is 2.09. The summed E-state index contributed by atoms with van der Waals surface area (Å²) in [6, 6.07) is 5.53. The SMILES string of the molecule is Cc1ccc(NC(C)CC(=O)O)c(N)c1. The number of nitrogen functional groups attached to an aromatic ring is 1. The fraction of sp³-hybridized carbons (Fsp3) is 0.364. The second-order valence-corrected chi connectivity index (χ2v) is 3.73. The fourth-order valence-electron chi connectivity index (χ4n) is 1.39. The Kier molecular flexibility index (Phi) is 3.55. The van der Waals surface area contributed by atoms with Crippen LogP contribution in [0.15, 0.2) is 18.2 Å². The van der Waals surface area contributed by atoms with E-state index in [4.69, 9.17) is 10.8 Å². The number of rotatable bonds is 4. The molecule has 0 aromatic heterocycles. The van der Waals surface area contributed by atoms with Crippen molar-refractivity contribution >= 4 is 17.3 Å². The van der Waals surface area contributed by atoms with E-state index in [2.05, 4.69) is 5.32 Å². The largest absolute Gasteiger partial charge is 0.481 e. The Bertz CT molecular complexity index is 364. The lowest BCUT2D eigenvalue weighted by molar-refractivity contribution is -0.137. The van der Waals surface area contributed by atoms with E-state index >= 15 is 0 Å². The summed E-state index contributed by atoms with van der Waals surface area (Å²) < 4.78 is 0. The maximum Gasteiger partial charge on any atom is 0.305 e. The number of carboxylic acid groups (broad SMARTS) is 1. The van der Waals surface area contributed by atoms with Gasteiger partial charge in [-0.15, -0.1) is 0 Å². The van der Waals surface area contributed by atoms with Crippen molar-refractivity contribution in [2.45, 2.75) is 26.3 Å². The number of anilines is 2. The van der Waals surface area contributed by atoms with Crippen LogP contribution in [0.2, 0.25) is 0 Å². The van der Waals surface area contributed by atoms with Crippen molar-refractivity contribution in [3.63, 3.8) is 0 Å². The molecule has 0 fully saturated rings. The Hall–Kier alpha value is -1.71. The van der Waals surface area contributed by atoms with E-state index in [0.717, 1.165) is 11.3 Å². The molecule has 1 rings (SSSR count). The molecule has 4 N–H and O–H groups in total. The predicted octanol–water partition coefficient (Wildman–Crippen LogP) is 1.85. The average Bonchev–Trinajstić information content (AvgIpc) is 2.08. The zero-order valence-corrected chi connectivity index (χ0v) is 8.95. The minimum absolute atomic E-state index is 0.0767. The average molecular weight is 208 g/mol. The Balaban J connectivity index is 2.68. The van der Waals surface area contributed by atoms with Gasteiger partial charge < -0.3 is 16.2 Å². The molecule has 0 heterocycles. The van der Waals surface area contributed by atoms with Crippen molar-refractivity contribution in [3.8, 4) is 0 Å². The summed E-state index contributed by atoms with van der Waals surface area (Å²) in [4.78, 5) is 10.5. The minimum Gasteiger partial charge on any atom is -0.481 e. The Morgan fingerprint density at radius 2 is 2.27 bits per heavy atom. The second-order valence-electron chi connectivity index (χ2n) is 3.73. The van der Waals surface area contributed by atoms with Crippen molar-refractivity contribution < 1.29 is 9.90 Å². The van der Waals surface area contributed by atoms with E-state index in [1.807, 2.05) is 32.0 Å². The third-order valence-corrected chi connectivity index (χ3v) is 2.09. The zero-order chi connectivity index (χ0) is 11.4. The molecule has 0 aliphatic heterocycles. The van der Waals surface area contributed by atoms with Gasteiger partial charge in [0.25, 0.3) is 0 Å². The fourth-order valence-corrected chi connectivity index (χ4v) is 1.39. The van der Waals surface area contributed by atoms with Crippen LogP contribution in [0.3, 0.4) is 0 Å². The molecule has 0 spiro atoms. The number of carbonyl (C=O) groups is 1. The number of hydrogen-bond acceptors (Lipinski definition) is 3. The van der Waals surface area contributed by atoms with Crippen LogP contribution in [0.4, 0.5) is 11.4 Å². The topological polar surface area (TPSA) is 75.3 Å². The number of aryl methyl sites for hydroxylation is 1. The summed E-state index contributed by atoms with van der Waals surface area (Å²) in [6.07, 6.45) is 0.0767. The molecule has 4 nitrogen and oxygen atoms in total. The van der Waals surface area contributed by atoms with Crippen molar-refractivity contribution in [2.24, 2.45) is 0 Å². The van der Waals surface area contributed by atoms with Crippen LogP contribution >= 0.6 is 0 Å². The third kappa shape index (κ3) is 3.50.